The molecule has 9 aromatic carbocycles. The third-order valence-electron chi connectivity index (χ3n) is 10.9. The summed E-state index contributed by atoms with van der Waals surface area (Å²) in [4.78, 5) is 8.34. The Labute approximate surface area is 334 Å². The first-order valence-corrected chi connectivity index (χ1v) is 20.0. The molecule has 11 aromatic rings. The van der Waals surface area contributed by atoms with Crippen molar-refractivity contribution in [3.8, 4) is 44.1 Å². The number of rotatable bonds is 7. The monoisotopic (exact) mass is 746 g/mol. The fourth-order valence-corrected chi connectivity index (χ4v) is 9.10. The Kier molecular flexibility index (Phi) is 8.01. The van der Waals surface area contributed by atoms with E-state index in [1.54, 1.807) is 0 Å². The van der Waals surface area contributed by atoms with Crippen LogP contribution in [0, 0.1) is 0 Å². The molecule has 0 aliphatic heterocycles. The summed E-state index contributed by atoms with van der Waals surface area (Å²) in [5.74, 6) is 0.615. The van der Waals surface area contributed by atoms with E-state index in [2.05, 4.69) is 187 Å². The highest BCUT2D eigenvalue weighted by atomic mass is 32.1. The van der Waals surface area contributed by atoms with Crippen molar-refractivity contribution in [2.24, 2.45) is 0 Å². The maximum Gasteiger partial charge on any atom is 0.227 e. The van der Waals surface area contributed by atoms with E-state index in [-0.39, 0.29) is 0 Å². The van der Waals surface area contributed by atoms with Crippen LogP contribution in [0.3, 0.4) is 0 Å². The van der Waals surface area contributed by atoms with Crippen LogP contribution in [-0.2, 0) is 0 Å². The fourth-order valence-electron chi connectivity index (χ4n) is 8.03. The summed E-state index contributed by atoms with van der Waals surface area (Å²) in [6.45, 7) is 0. The van der Waals surface area contributed by atoms with Crippen LogP contribution in [0.15, 0.2) is 211 Å². The van der Waals surface area contributed by atoms with Crippen molar-refractivity contribution in [1.82, 2.24) is 4.98 Å². The lowest BCUT2D eigenvalue weighted by Crippen LogP contribution is -2.09. The minimum absolute atomic E-state index is 0.615. The number of nitrogens with zero attached hydrogens (tertiary/aromatic N) is 2. The van der Waals surface area contributed by atoms with E-state index in [0.717, 1.165) is 33.7 Å². The van der Waals surface area contributed by atoms with Crippen LogP contribution in [0.4, 0.5) is 17.1 Å². The third kappa shape index (κ3) is 6.04. The molecule has 57 heavy (non-hydrogen) atoms. The molecule has 4 heteroatoms. The molecule has 0 spiro atoms. The van der Waals surface area contributed by atoms with Crippen molar-refractivity contribution >= 4 is 71.1 Å². The molecule has 0 saturated carbocycles. The van der Waals surface area contributed by atoms with Gasteiger partial charge in [-0.1, -0.05) is 127 Å². The molecule has 0 aliphatic carbocycles. The highest BCUT2D eigenvalue weighted by Crippen LogP contribution is 2.41. The van der Waals surface area contributed by atoms with Gasteiger partial charge in [0.15, 0.2) is 5.58 Å². The van der Waals surface area contributed by atoms with Gasteiger partial charge in [-0.25, -0.2) is 4.98 Å². The van der Waals surface area contributed by atoms with Gasteiger partial charge < -0.3 is 9.32 Å². The minimum Gasteiger partial charge on any atom is -0.436 e. The molecule has 0 atom stereocenters. The predicted octanol–water partition coefficient (Wildman–Crippen LogP) is 15.5. The molecule has 0 saturated heterocycles. The van der Waals surface area contributed by atoms with Crippen LogP contribution in [0.25, 0.3) is 86.9 Å². The molecule has 2 heterocycles. The highest BCUT2D eigenvalue weighted by molar-refractivity contribution is 7.22. The Morgan fingerprint density at radius 3 is 1.61 bits per heavy atom. The summed E-state index contributed by atoms with van der Waals surface area (Å²) in [5, 5.41) is 6.33. The summed E-state index contributed by atoms with van der Waals surface area (Å²) in [5.41, 5.74) is 11.8. The number of aromatic nitrogens is 1. The van der Waals surface area contributed by atoms with Gasteiger partial charge in [0, 0.05) is 32.2 Å². The molecule has 3 nitrogen and oxygen atoms in total. The zero-order chi connectivity index (χ0) is 37.7. The third-order valence-corrected chi connectivity index (χ3v) is 12.1. The van der Waals surface area contributed by atoms with Crippen molar-refractivity contribution in [3.05, 3.63) is 206 Å². The molecular formula is C53H34N2OS. The first kappa shape index (κ1) is 33.1. The number of oxazole rings is 1. The Morgan fingerprint density at radius 2 is 0.930 bits per heavy atom. The van der Waals surface area contributed by atoms with Crippen molar-refractivity contribution in [2.75, 3.05) is 4.90 Å². The van der Waals surface area contributed by atoms with Crippen molar-refractivity contribution in [1.29, 1.82) is 0 Å². The Bertz CT molecular complexity index is 3150. The molecule has 0 amide bonds. The Morgan fingerprint density at radius 1 is 0.404 bits per heavy atom. The number of anilines is 3. The molecule has 2 aromatic heterocycles. The van der Waals surface area contributed by atoms with Gasteiger partial charge in [0.1, 0.15) is 5.52 Å². The molecule has 268 valence electrons. The maximum atomic E-state index is 6.11. The molecule has 0 unspecified atom stereocenters. The van der Waals surface area contributed by atoms with E-state index in [1.165, 1.54) is 64.3 Å². The average Bonchev–Trinajstić information content (AvgIpc) is 3.93. The quantitative estimate of drug-likeness (QED) is 0.152. The van der Waals surface area contributed by atoms with Crippen LogP contribution in [0.1, 0.15) is 0 Å². The number of benzene rings is 9. The first-order chi connectivity index (χ1) is 28.2. The summed E-state index contributed by atoms with van der Waals surface area (Å²) in [6, 6.07) is 73.7. The van der Waals surface area contributed by atoms with E-state index >= 15 is 0 Å². The highest BCUT2D eigenvalue weighted by Gasteiger charge is 2.16. The maximum absolute atomic E-state index is 6.11. The smallest absolute Gasteiger partial charge is 0.227 e. The zero-order valence-corrected chi connectivity index (χ0v) is 31.7. The van der Waals surface area contributed by atoms with Crippen LogP contribution >= 0.6 is 11.3 Å². The van der Waals surface area contributed by atoms with E-state index in [0.29, 0.717) is 5.89 Å². The fraction of sp³-hybridized carbons (Fsp3) is 0. The van der Waals surface area contributed by atoms with Crippen LogP contribution in [-0.4, -0.2) is 4.98 Å². The van der Waals surface area contributed by atoms with Gasteiger partial charge >= 0.3 is 0 Å². The Hall–Kier alpha value is -7.27. The average molecular weight is 747 g/mol. The number of thiophene rings is 1. The predicted molar refractivity (Wildman–Crippen MR) is 241 cm³/mol. The summed E-state index contributed by atoms with van der Waals surface area (Å²) < 4.78 is 7.43. The second-order valence-electron chi connectivity index (χ2n) is 14.4. The van der Waals surface area contributed by atoms with Crippen LogP contribution in [0.5, 0.6) is 0 Å². The van der Waals surface area contributed by atoms with Crippen molar-refractivity contribution in [2.45, 2.75) is 0 Å². The zero-order valence-electron chi connectivity index (χ0n) is 30.8. The number of hydrogen-bond donors (Lipinski definition) is 0. The van der Waals surface area contributed by atoms with Crippen molar-refractivity contribution < 1.29 is 4.42 Å². The lowest BCUT2D eigenvalue weighted by Gasteiger charge is -2.26. The molecule has 0 bridgehead atoms. The summed E-state index contributed by atoms with van der Waals surface area (Å²) in [6.07, 6.45) is 0. The number of fused-ring (bicyclic) bond motifs is 5. The topological polar surface area (TPSA) is 29.3 Å². The van der Waals surface area contributed by atoms with Gasteiger partial charge in [0.25, 0.3) is 0 Å². The summed E-state index contributed by atoms with van der Waals surface area (Å²) >= 11 is 1.84. The molecule has 0 fully saturated rings. The molecule has 0 N–H and O–H groups in total. The minimum atomic E-state index is 0.615. The van der Waals surface area contributed by atoms with E-state index < -0.39 is 0 Å². The first-order valence-electron chi connectivity index (χ1n) is 19.2. The number of para-hydroxylation sites is 2. The SMILES string of the molecule is c1ccc2sc(-c3ccc(-c4ccc(N(c5ccc(-c6nc7ccccc7o6)cc5)c5ccc(-c6cc7ccccc7c7ccccc67)cc5)cc4)cc3)cc2c1. The standard InChI is InChI=1S/C53H34N2OS/c1-3-11-45-40(9-1)33-48(47-13-5-4-12-46(45)47)37-23-29-43(30-24-37)55(44-31-25-39(26-32-44)53-54-49-14-6-7-15-50(49)56-53)42-27-21-36(22-28-42)35-17-19-38(20-18-35)52-34-41-10-2-8-16-51(41)57-52/h1-34H. The number of hydrogen-bond acceptors (Lipinski definition) is 4. The lowest BCUT2D eigenvalue weighted by atomic mass is 9.93. The van der Waals surface area contributed by atoms with E-state index in [1.807, 2.05) is 35.6 Å². The largest absolute Gasteiger partial charge is 0.436 e. The van der Waals surface area contributed by atoms with Crippen molar-refractivity contribution in [3.63, 3.8) is 0 Å². The molecule has 0 radical (unpaired) electrons. The molecule has 0 aliphatic rings. The second kappa shape index (κ2) is 13.8. The van der Waals surface area contributed by atoms with Gasteiger partial charge in [0.2, 0.25) is 5.89 Å². The Balaban J connectivity index is 0.953. The molecule has 11 rings (SSSR count). The van der Waals surface area contributed by atoms with E-state index in [9.17, 15) is 0 Å². The normalized spacial score (nSPS) is 11.5. The van der Waals surface area contributed by atoms with Crippen LogP contribution in [0.2, 0.25) is 0 Å². The lowest BCUT2D eigenvalue weighted by molar-refractivity contribution is 0.620. The van der Waals surface area contributed by atoms with Gasteiger partial charge in [-0.2, -0.15) is 0 Å². The molecular weight excluding hydrogens is 713 g/mol. The van der Waals surface area contributed by atoms with E-state index in [4.69, 9.17) is 9.40 Å². The second-order valence-corrected chi connectivity index (χ2v) is 15.5. The van der Waals surface area contributed by atoms with Gasteiger partial charge in [0.05, 0.1) is 0 Å². The van der Waals surface area contributed by atoms with Crippen LogP contribution < -0.4 is 4.90 Å². The van der Waals surface area contributed by atoms with Gasteiger partial charge in [-0.3, -0.25) is 0 Å². The summed E-state index contributed by atoms with van der Waals surface area (Å²) in [7, 11) is 0. The van der Waals surface area contributed by atoms with Gasteiger partial charge in [-0.05, 0) is 134 Å². The van der Waals surface area contributed by atoms with Gasteiger partial charge in [-0.15, -0.1) is 11.3 Å².